The van der Waals surface area contributed by atoms with Crippen molar-refractivity contribution >= 4 is 5.91 Å². The van der Waals surface area contributed by atoms with Gasteiger partial charge in [-0.05, 0) is 24.4 Å². The van der Waals surface area contributed by atoms with Crippen molar-refractivity contribution in [3.8, 4) is 0 Å². The summed E-state index contributed by atoms with van der Waals surface area (Å²) in [6, 6.07) is 9.69. The number of carbonyl (C=O) groups is 1. The monoisotopic (exact) mass is 234 g/mol. The minimum Gasteiger partial charge on any atom is -0.368 e. The molecule has 0 spiro atoms. The molecule has 0 aliphatic heterocycles. The fraction of sp³-hybridized carbons (Fsp3) is 0.500. The number of hydrogen-bond donors (Lipinski definition) is 2. The summed E-state index contributed by atoms with van der Waals surface area (Å²) in [5.74, 6) is 0.163. The molecular formula is C14H22N2O. The molecule has 17 heavy (non-hydrogen) atoms. The van der Waals surface area contributed by atoms with Crippen LogP contribution in [0, 0.1) is 5.92 Å². The second-order valence-corrected chi connectivity index (χ2v) is 4.76. The fourth-order valence-electron chi connectivity index (χ4n) is 1.94. The Morgan fingerprint density at radius 1 is 1.35 bits per heavy atom. The van der Waals surface area contributed by atoms with E-state index >= 15 is 0 Å². The predicted molar refractivity (Wildman–Crippen MR) is 70.4 cm³/mol. The molecule has 3 heteroatoms. The van der Waals surface area contributed by atoms with Crippen LogP contribution in [0.25, 0.3) is 0 Å². The van der Waals surface area contributed by atoms with Gasteiger partial charge < -0.3 is 5.73 Å². The van der Waals surface area contributed by atoms with Crippen LogP contribution in [0.5, 0.6) is 0 Å². The van der Waals surface area contributed by atoms with E-state index in [1.807, 2.05) is 37.3 Å². The second kappa shape index (κ2) is 5.82. The van der Waals surface area contributed by atoms with Crippen LogP contribution in [-0.2, 0) is 10.3 Å². The zero-order chi connectivity index (χ0) is 12.9. The van der Waals surface area contributed by atoms with Crippen LogP contribution in [0.2, 0.25) is 0 Å². The molecule has 0 aliphatic carbocycles. The van der Waals surface area contributed by atoms with Gasteiger partial charge in [0.05, 0.1) is 0 Å². The van der Waals surface area contributed by atoms with E-state index in [-0.39, 0.29) is 5.91 Å². The third kappa shape index (κ3) is 3.07. The summed E-state index contributed by atoms with van der Waals surface area (Å²) >= 11 is 0. The Bertz CT molecular complexity index is 362. The van der Waals surface area contributed by atoms with Crippen molar-refractivity contribution in [2.24, 2.45) is 11.7 Å². The Morgan fingerprint density at radius 3 is 2.35 bits per heavy atom. The molecule has 0 saturated heterocycles. The van der Waals surface area contributed by atoms with E-state index in [1.54, 1.807) is 0 Å². The highest BCUT2D eigenvalue weighted by atomic mass is 16.1. The lowest BCUT2D eigenvalue weighted by Gasteiger charge is -2.32. The number of carbonyl (C=O) groups excluding carboxylic acids is 1. The number of primary amides is 1. The van der Waals surface area contributed by atoms with Crippen molar-refractivity contribution in [1.29, 1.82) is 0 Å². The van der Waals surface area contributed by atoms with Gasteiger partial charge in [0, 0.05) is 0 Å². The Balaban J connectivity index is 3.05. The van der Waals surface area contributed by atoms with E-state index in [4.69, 9.17) is 5.73 Å². The number of amides is 1. The summed E-state index contributed by atoms with van der Waals surface area (Å²) in [6.07, 6.45) is 0.652. The lowest BCUT2D eigenvalue weighted by molar-refractivity contribution is -0.125. The average molecular weight is 234 g/mol. The molecule has 1 amide bonds. The van der Waals surface area contributed by atoms with Crippen molar-refractivity contribution in [2.45, 2.75) is 32.7 Å². The lowest BCUT2D eigenvalue weighted by Crippen LogP contribution is -2.53. The Hall–Kier alpha value is -1.35. The first-order valence-electron chi connectivity index (χ1n) is 6.13. The molecule has 1 atom stereocenters. The van der Waals surface area contributed by atoms with Gasteiger partial charge in [-0.25, -0.2) is 0 Å². The third-order valence-corrected chi connectivity index (χ3v) is 3.03. The van der Waals surface area contributed by atoms with Gasteiger partial charge in [0.1, 0.15) is 5.54 Å². The molecule has 3 nitrogen and oxygen atoms in total. The zero-order valence-electron chi connectivity index (χ0n) is 10.9. The largest absolute Gasteiger partial charge is 0.368 e. The highest BCUT2D eigenvalue weighted by molar-refractivity contribution is 5.86. The van der Waals surface area contributed by atoms with E-state index in [2.05, 4.69) is 19.2 Å². The number of nitrogens with two attached hydrogens (primary N) is 1. The topological polar surface area (TPSA) is 55.1 Å². The van der Waals surface area contributed by atoms with Crippen LogP contribution in [0.1, 0.15) is 32.8 Å². The maximum atomic E-state index is 11.8. The number of nitrogens with one attached hydrogen (secondary N) is 1. The van der Waals surface area contributed by atoms with Crippen LogP contribution >= 0.6 is 0 Å². The summed E-state index contributed by atoms with van der Waals surface area (Å²) in [7, 11) is 0. The van der Waals surface area contributed by atoms with E-state index < -0.39 is 5.54 Å². The molecule has 1 aromatic rings. The van der Waals surface area contributed by atoms with Crippen LogP contribution in [0.3, 0.4) is 0 Å². The van der Waals surface area contributed by atoms with Crippen molar-refractivity contribution in [3.63, 3.8) is 0 Å². The molecule has 1 aromatic carbocycles. The SMILES string of the molecule is CCC(NCC(C)C)(C(N)=O)c1ccccc1. The molecule has 0 fully saturated rings. The normalized spacial score (nSPS) is 14.6. The summed E-state index contributed by atoms with van der Waals surface area (Å²) in [5, 5.41) is 3.32. The summed E-state index contributed by atoms with van der Waals surface area (Å²) in [4.78, 5) is 11.8. The average Bonchev–Trinajstić information content (AvgIpc) is 2.31. The zero-order valence-corrected chi connectivity index (χ0v) is 10.9. The van der Waals surface area contributed by atoms with Crippen molar-refractivity contribution < 1.29 is 4.79 Å². The van der Waals surface area contributed by atoms with Gasteiger partial charge in [0.25, 0.3) is 0 Å². The van der Waals surface area contributed by atoms with Gasteiger partial charge in [-0.1, -0.05) is 51.1 Å². The minimum absolute atomic E-state index is 0.313. The first-order valence-corrected chi connectivity index (χ1v) is 6.13. The highest BCUT2D eigenvalue weighted by Crippen LogP contribution is 2.24. The highest BCUT2D eigenvalue weighted by Gasteiger charge is 2.36. The molecule has 1 rings (SSSR count). The van der Waals surface area contributed by atoms with Gasteiger partial charge in [0.15, 0.2) is 0 Å². The van der Waals surface area contributed by atoms with Crippen LogP contribution in [0.15, 0.2) is 30.3 Å². The third-order valence-electron chi connectivity index (χ3n) is 3.03. The maximum Gasteiger partial charge on any atom is 0.242 e. The first-order chi connectivity index (χ1) is 8.03. The van der Waals surface area contributed by atoms with E-state index in [0.717, 1.165) is 12.1 Å². The molecule has 0 heterocycles. The molecule has 0 radical (unpaired) electrons. The van der Waals surface area contributed by atoms with Crippen LogP contribution in [-0.4, -0.2) is 12.5 Å². The minimum atomic E-state index is -0.745. The molecule has 0 aliphatic rings. The number of rotatable bonds is 6. The van der Waals surface area contributed by atoms with E-state index in [9.17, 15) is 4.79 Å². The van der Waals surface area contributed by atoms with Crippen molar-refractivity contribution in [3.05, 3.63) is 35.9 Å². The Morgan fingerprint density at radius 2 is 1.94 bits per heavy atom. The predicted octanol–water partition coefficient (Wildman–Crippen LogP) is 2.02. The van der Waals surface area contributed by atoms with Crippen LogP contribution in [0.4, 0.5) is 0 Å². The first kappa shape index (κ1) is 13.7. The van der Waals surface area contributed by atoms with E-state index in [1.165, 1.54) is 0 Å². The molecular weight excluding hydrogens is 212 g/mol. The summed E-state index contributed by atoms with van der Waals surface area (Å²) in [6.45, 7) is 6.97. The van der Waals surface area contributed by atoms with Crippen LogP contribution < -0.4 is 11.1 Å². The molecule has 0 bridgehead atoms. The number of benzene rings is 1. The second-order valence-electron chi connectivity index (χ2n) is 4.76. The van der Waals surface area contributed by atoms with Crippen molar-refractivity contribution in [2.75, 3.05) is 6.54 Å². The van der Waals surface area contributed by atoms with Gasteiger partial charge in [-0.3, -0.25) is 10.1 Å². The maximum absolute atomic E-state index is 11.8. The Labute approximate surface area is 103 Å². The van der Waals surface area contributed by atoms with Gasteiger partial charge in [-0.15, -0.1) is 0 Å². The molecule has 0 aromatic heterocycles. The van der Waals surface area contributed by atoms with Gasteiger partial charge in [0.2, 0.25) is 5.91 Å². The summed E-state index contributed by atoms with van der Waals surface area (Å²) < 4.78 is 0. The summed E-state index contributed by atoms with van der Waals surface area (Å²) in [5.41, 5.74) is 5.79. The van der Waals surface area contributed by atoms with Crippen molar-refractivity contribution in [1.82, 2.24) is 5.32 Å². The Kier molecular flexibility index (Phi) is 4.70. The smallest absolute Gasteiger partial charge is 0.242 e. The van der Waals surface area contributed by atoms with E-state index in [0.29, 0.717) is 12.3 Å². The fourth-order valence-corrected chi connectivity index (χ4v) is 1.94. The number of hydrogen-bond acceptors (Lipinski definition) is 2. The molecule has 3 N–H and O–H groups in total. The quantitative estimate of drug-likeness (QED) is 0.791. The standard InChI is InChI=1S/C14H22N2O/c1-4-14(13(15)17,16-10-11(2)3)12-8-6-5-7-9-12/h5-9,11,16H,4,10H2,1-3H3,(H2,15,17). The van der Waals surface area contributed by atoms with Gasteiger partial charge >= 0.3 is 0 Å². The molecule has 1 unspecified atom stereocenters. The van der Waals surface area contributed by atoms with Gasteiger partial charge in [-0.2, -0.15) is 0 Å². The molecule has 94 valence electrons. The molecule has 0 saturated carbocycles. The lowest BCUT2D eigenvalue weighted by atomic mass is 9.86.